The molecule has 1 fully saturated rings. The van der Waals surface area contributed by atoms with Crippen LogP contribution >= 0.6 is 11.9 Å². The molecule has 0 saturated carbocycles. The molecule has 3 N–H and O–H groups in total. The standard InChI is InChI=1S/C26H39N5OS.C2H6.CH2O2/c1-10-22-28-18(4)27-17(3)13-16(2)19-14-26(8,9)31(15-19)23-20(24(32)30-33-22)11-12-21(29-23)25(5,6)7;1-2;2-1-3/h10-12,16-17,19,27H,1,4,13-15H2,2-3,5-9H3,(H,30,32);1-2H3;1H,(H,2,3)/b28-22+;;. The number of aromatic nitrogens is 1. The fourth-order valence-corrected chi connectivity index (χ4v) is 5.37. The van der Waals surface area contributed by atoms with E-state index in [0.29, 0.717) is 28.3 Å². The van der Waals surface area contributed by atoms with Crippen LogP contribution in [0, 0.1) is 11.8 Å². The molecule has 3 heterocycles. The molecule has 8 nitrogen and oxygen atoms in total. The molecule has 3 unspecified atom stereocenters. The Morgan fingerprint density at radius 1 is 1.24 bits per heavy atom. The van der Waals surface area contributed by atoms with Gasteiger partial charge in [0.1, 0.15) is 16.7 Å². The Bertz CT molecular complexity index is 1020. The normalized spacial score (nSPS) is 24.7. The lowest BCUT2D eigenvalue weighted by molar-refractivity contribution is -0.122. The number of hydrogen-bond donors (Lipinski definition) is 3. The Morgan fingerprint density at radius 2 is 1.84 bits per heavy atom. The first-order valence-electron chi connectivity index (χ1n) is 13.2. The number of carbonyl (C=O) groups excluding carboxylic acids is 1. The molecule has 0 aromatic carbocycles. The van der Waals surface area contributed by atoms with Crippen molar-refractivity contribution in [3.05, 3.63) is 48.4 Å². The summed E-state index contributed by atoms with van der Waals surface area (Å²) < 4.78 is 2.93. The summed E-state index contributed by atoms with van der Waals surface area (Å²) in [6.07, 6.45) is 3.69. The zero-order chi connectivity index (χ0) is 29.3. The van der Waals surface area contributed by atoms with Gasteiger partial charge in [0, 0.05) is 41.2 Å². The van der Waals surface area contributed by atoms with Crippen molar-refractivity contribution in [2.75, 3.05) is 11.4 Å². The minimum atomic E-state index is -0.250. The molecular weight excluding hydrogens is 498 g/mol. The van der Waals surface area contributed by atoms with Crippen molar-refractivity contribution in [2.24, 2.45) is 16.8 Å². The molecule has 3 atom stereocenters. The largest absolute Gasteiger partial charge is 0.483 e. The van der Waals surface area contributed by atoms with Crippen molar-refractivity contribution < 1.29 is 14.7 Å². The molecule has 1 amide bonds. The summed E-state index contributed by atoms with van der Waals surface area (Å²) in [6.45, 7) is 28.0. The van der Waals surface area contributed by atoms with Gasteiger partial charge in [0.15, 0.2) is 0 Å². The molecule has 9 heteroatoms. The minimum absolute atomic E-state index is 0.102. The molecule has 0 radical (unpaired) electrons. The molecule has 1 aromatic rings. The van der Waals surface area contributed by atoms with Crippen molar-refractivity contribution >= 4 is 35.2 Å². The van der Waals surface area contributed by atoms with Crippen LogP contribution in [0.3, 0.4) is 0 Å². The first kappa shape index (κ1) is 33.2. The third-order valence-electron chi connectivity index (χ3n) is 6.66. The molecule has 2 aliphatic heterocycles. The lowest BCUT2D eigenvalue weighted by atomic mass is 9.84. The maximum Gasteiger partial charge on any atom is 0.290 e. The highest BCUT2D eigenvalue weighted by atomic mass is 32.2. The van der Waals surface area contributed by atoms with Crippen LogP contribution in [0.2, 0.25) is 0 Å². The van der Waals surface area contributed by atoms with Crippen LogP contribution in [-0.4, -0.2) is 45.6 Å². The molecule has 1 saturated heterocycles. The SMILES string of the molecule is C=C/C1=N\C(=C)NC(C)CC(C)C2CN(c3nc(C(C)(C)C)ccc3C(=O)NS1)C(C)(C)C2.CC.O=CO. The topological polar surface area (TPSA) is 107 Å². The van der Waals surface area contributed by atoms with E-state index in [1.165, 1.54) is 0 Å². The predicted molar refractivity (Wildman–Crippen MR) is 161 cm³/mol. The Balaban J connectivity index is 0.00000135. The number of nitrogens with one attached hydrogen (secondary N) is 2. The van der Waals surface area contributed by atoms with Crippen molar-refractivity contribution in [2.45, 2.75) is 92.2 Å². The highest BCUT2D eigenvalue weighted by molar-refractivity contribution is 8.13. The van der Waals surface area contributed by atoms with Crippen LogP contribution in [0.4, 0.5) is 5.82 Å². The Morgan fingerprint density at radius 3 is 2.39 bits per heavy atom. The molecule has 2 aliphatic rings. The van der Waals surface area contributed by atoms with Gasteiger partial charge in [0.2, 0.25) is 0 Å². The maximum atomic E-state index is 13.3. The number of pyridine rings is 1. The van der Waals surface area contributed by atoms with Gasteiger partial charge in [-0.25, -0.2) is 9.98 Å². The number of carbonyl (C=O) groups is 2. The van der Waals surface area contributed by atoms with Crippen LogP contribution in [0.1, 0.15) is 91.2 Å². The maximum absolute atomic E-state index is 13.3. The molecule has 1 aromatic heterocycles. The summed E-state index contributed by atoms with van der Waals surface area (Å²) in [7, 11) is 0. The summed E-state index contributed by atoms with van der Waals surface area (Å²) in [5, 5.41) is 10.9. The number of rotatable bonds is 1. The molecule has 38 heavy (non-hydrogen) atoms. The third-order valence-corrected chi connectivity index (χ3v) is 7.42. The number of nitrogens with zero attached hydrogens (tertiary/aromatic N) is 3. The lowest BCUT2D eigenvalue weighted by Crippen LogP contribution is -2.40. The van der Waals surface area contributed by atoms with Crippen molar-refractivity contribution in [1.29, 1.82) is 0 Å². The van der Waals surface area contributed by atoms with E-state index in [1.54, 1.807) is 6.08 Å². The van der Waals surface area contributed by atoms with Crippen LogP contribution in [0.15, 0.2) is 42.2 Å². The van der Waals surface area contributed by atoms with Gasteiger partial charge in [-0.05, 0) is 63.7 Å². The average molecular weight is 546 g/mol. The number of anilines is 1. The first-order chi connectivity index (χ1) is 17.7. The monoisotopic (exact) mass is 545 g/mol. The van der Waals surface area contributed by atoms with Gasteiger partial charge >= 0.3 is 0 Å². The molecule has 0 spiro atoms. The van der Waals surface area contributed by atoms with Crippen molar-refractivity contribution in [3.8, 4) is 0 Å². The second-order valence-electron chi connectivity index (χ2n) is 11.2. The molecule has 3 rings (SSSR count). The average Bonchev–Trinajstić information content (AvgIpc) is 3.16. The number of aliphatic imine (C=N–C) groups is 1. The second-order valence-corrected chi connectivity index (χ2v) is 12.0. The Kier molecular flexibility index (Phi) is 12.6. The quantitative estimate of drug-likeness (QED) is 0.286. The highest BCUT2D eigenvalue weighted by Crippen LogP contribution is 2.42. The van der Waals surface area contributed by atoms with Gasteiger partial charge in [-0.2, -0.15) is 0 Å². The zero-order valence-corrected chi connectivity index (χ0v) is 25.4. The molecular formula is C29H47N5O3S. The molecule has 2 bridgehead atoms. The van der Waals surface area contributed by atoms with E-state index in [1.807, 2.05) is 26.0 Å². The van der Waals surface area contributed by atoms with Gasteiger partial charge in [-0.3, -0.25) is 14.3 Å². The minimum Gasteiger partial charge on any atom is -0.483 e. The summed E-state index contributed by atoms with van der Waals surface area (Å²) in [5.74, 6) is 2.15. The van der Waals surface area contributed by atoms with E-state index < -0.39 is 0 Å². The summed E-state index contributed by atoms with van der Waals surface area (Å²) in [5.41, 5.74) is 1.35. The van der Waals surface area contributed by atoms with E-state index in [-0.39, 0.29) is 29.4 Å². The number of carboxylic acid groups (broad SMARTS) is 1. The van der Waals surface area contributed by atoms with Gasteiger partial charge in [0.25, 0.3) is 12.4 Å². The van der Waals surface area contributed by atoms with Gasteiger partial charge in [-0.15, -0.1) is 0 Å². The van der Waals surface area contributed by atoms with Crippen LogP contribution < -0.4 is 14.9 Å². The van der Waals surface area contributed by atoms with E-state index in [9.17, 15) is 4.79 Å². The first-order valence-corrected chi connectivity index (χ1v) is 14.1. The number of fused-ring (bicyclic) bond motifs is 4. The van der Waals surface area contributed by atoms with E-state index in [0.717, 1.165) is 42.8 Å². The van der Waals surface area contributed by atoms with Crippen LogP contribution in [0.5, 0.6) is 0 Å². The fraction of sp³-hybridized carbons (Fsp3) is 0.586. The van der Waals surface area contributed by atoms with E-state index in [2.05, 4.69) is 81.6 Å². The molecule has 212 valence electrons. The van der Waals surface area contributed by atoms with E-state index in [4.69, 9.17) is 14.9 Å². The van der Waals surface area contributed by atoms with Crippen molar-refractivity contribution in [1.82, 2.24) is 15.0 Å². The predicted octanol–water partition coefficient (Wildman–Crippen LogP) is 6.16. The van der Waals surface area contributed by atoms with Crippen LogP contribution in [0.25, 0.3) is 0 Å². The van der Waals surface area contributed by atoms with Gasteiger partial charge < -0.3 is 15.3 Å². The lowest BCUT2D eigenvalue weighted by Gasteiger charge is -2.34. The number of amides is 1. The third kappa shape index (κ3) is 8.89. The smallest absolute Gasteiger partial charge is 0.290 e. The highest BCUT2D eigenvalue weighted by Gasteiger charge is 2.43. The van der Waals surface area contributed by atoms with Gasteiger partial charge in [-0.1, -0.05) is 54.7 Å². The summed E-state index contributed by atoms with van der Waals surface area (Å²) >= 11 is 1.14. The summed E-state index contributed by atoms with van der Waals surface area (Å²) in [6, 6.07) is 4.12. The fourth-order valence-electron chi connectivity index (χ4n) is 4.82. The summed E-state index contributed by atoms with van der Waals surface area (Å²) in [4.78, 5) is 33.6. The van der Waals surface area contributed by atoms with Crippen LogP contribution in [-0.2, 0) is 10.2 Å². The molecule has 0 aliphatic carbocycles. The zero-order valence-electron chi connectivity index (χ0n) is 24.6. The second kappa shape index (κ2) is 14.4. The Hall–Kier alpha value is -2.81. The number of hydrogen-bond acceptors (Lipinski definition) is 7. The Labute approximate surface area is 233 Å². The van der Waals surface area contributed by atoms with E-state index >= 15 is 0 Å². The van der Waals surface area contributed by atoms with Gasteiger partial charge in [0.05, 0.1) is 5.56 Å². The van der Waals surface area contributed by atoms with Crippen molar-refractivity contribution in [3.63, 3.8) is 0 Å².